The maximum absolute atomic E-state index is 3.71. The fourth-order valence-electron chi connectivity index (χ4n) is 1.84. The minimum Gasteiger partial charge on any atom is -0.0871 e. The first kappa shape index (κ1) is 9.72. The van der Waals surface area contributed by atoms with Crippen LogP contribution in [0.3, 0.4) is 0 Å². The van der Waals surface area contributed by atoms with Gasteiger partial charge in [-0.15, -0.1) is 0 Å². The molecule has 0 fully saturated rings. The molecule has 1 aromatic carbocycles. The highest BCUT2D eigenvalue weighted by Gasteiger charge is 2.28. The van der Waals surface area contributed by atoms with Gasteiger partial charge in [0.05, 0.1) is 4.83 Å². The number of fused-ring (bicyclic) bond motifs is 1. The Bertz CT molecular complexity index is 344. The molecule has 0 N–H and O–H groups in total. The van der Waals surface area contributed by atoms with Gasteiger partial charge in [-0.05, 0) is 42.5 Å². The van der Waals surface area contributed by atoms with Crippen molar-refractivity contribution < 1.29 is 0 Å². The van der Waals surface area contributed by atoms with E-state index in [1.165, 1.54) is 22.3 Å². The Labute approximate surface area is 96.0 Å². The quantitative estimate of drug-likeness (QED) is 0.634. The van der Waals surface area contributed by atoms with E-state index in [9.17, 15) is 0 Å². The van der Waals surface area contributed by atoms with Gasteiger partial charge in [-0.1, -0.05) is 44.0 Å². The number of alkyl halides is 2. The molecule has 0 spiro atoms. The van der Waals surface area contributed by atoms with Crippen molar-refractivity contribution in [1.29, 1.82) is 0 Å². The van der Waals surface area contributed by atoms with E-state index in [0.717, 1.165) is 6.42 Å². The first-order valence-corrected chi connectivity index (χ1v) is 6.31. The molecule has 70 valence electrons. The summed E-state index contributed by atoms with van der Waals surface area (Å²) in [6.07, 6.45) is 1.15. The average Bonchev–Trinajstić information content (AvgIpc) is 2.32. The first-order valence-electron chi connectivity index (χ1n) is 4.47. The second kappa shape index (κ2) is 3.39. The smallest absolute Gasteiger partial charge is 0.0526 e. The lowest BCUT2D eigenvalue weighted by Crippen LogP contribution is -1.97. The van der Waals surface area contributed by atoms with Crippen LogP contribution in [0.1, 0.15) is 27.1 Å². The van der Waals surface area contributed by atoms with Crippen molar-refractivity contribution in [2.24, 2.45) is 0 Å². The summed E-state index contributed by atoms with van der Waals surface area (Å²) in [7, 11) is 0. The maximum atomic E-state index is 3.71. The summed E-state index contributed by atoms with van der Waals surface area (Å²) in [6, 6.07) is 4.63. The first-order chi connectivity index (χ1) is 6.09. The summed E-state index contributed by atoms with van der Waals surface area (Å²) in [5.74, 6) is 0. The molecule has 0 amide bonds. The highest BCUT2D eigenvalue weighted by atomic mass is 79.9. The van der Waals surface area contributed by atoms with E-state index < -0.39 is 0 Å². The molecule has 2 unspecified atom stereocenters. The van der Waals surface area contributed by atoms with Gasteiger partial charge >= 0.3 is 0 Å². The van der Waals surface area contributed by atoms with Gasteiger partial charge in [0, 0.05) is 4.83 Å². The molecule has 0 aromatic heterocycles. The summed E-state index contributed by atoms with van der Waals surface area (Å²) in [4.78, 5) is 1.05. The lowest BCUT2D eigenvalue weighted by molar-refractivity contribution is 0.944. The van der Waals surface area contributed by atoms with Crippen molar-refractivity contribution in [1.82, 2.24) is 0 Å². The van der Waals surface area contributed by atoms with E-state index in [-0.39, 0.29) is 0 Å². The Kier molecular flexibility index (Phi) is 2.54. The van der Waals surface area contributed by atoms with Crippen LogP contribution in [0.25, 0.3) is 0 Å². The van der Waals surface area contributed by atoms with Gasteiger partial charge in [0.25, 0.3) is 0 Å². The third kappa shape index (κ3) is 1.59. The normalized spacial score (nSPS) is 26.2. The molecule has 0 radical (unpaired) electrons. The molecule has 2 atom stereocenters. The molecular formula is C11H12Br2. The van der Waals surface area contributed by atoms with Gasteiger partial charge in [-0.2, -0.15) is 0 Å². The SMILES string of the molecule is Cc1cc2c(cc1C)C(Br)C(Br)C2. The van der Waals surface area contributed by atoms with Crippen LogP contribution in [0.4, 0.5) is 0 Å². The van der Waals surface area contributed by atoms with Gasteiger partial charge in [0.15, 0.2) is 0 Å². The summed E-state index contributed by atoms with van der Waals surface area (Å²) < 4.78 is 0. The average molecular weight is 304 g/mol. The molecule has 2 rings (SSSR count). The van der Waals surface area contributed by atoms with Gasteiger partial charge < -0.3 is 0 Å². The zero-order chi connectivity index (χ0) is 9.59. The fourth-order valence-corrected chi connectivity index (χ4v) is 3.09. The van der Waals surface area contributed by atoms with Crippen molar-refractivity contribution in [2.45, 2.75) is 29.9 Å². The van der Waals surface area contributed by atoms with E-state index in [0.29, 0.717) is 9.65 Å². The second-order valence-electron chi connectivity index (χ2n) is 3.76. The predicted molar refractivity (Wildman–Crippen MR) is 64.0 cm³/mol. The van der Waals surface area contributed by atoms with Crippen LogP contribution in [-0.2, 0) is 6.42 Å². The minimum absolute atomic E-state index is 0.488. The van der Waals surface area contributed by atoms with E-state index in [1.807, 2.05) is 0 Å². The fraction of sp³-hybridized carbons (Fsp3) is 0.455. The van der Waals surface area contributed by atoms with Crippen LogP contribution >= 0.6 is 31.9 Å². The monoisotopic (exact) mass is 302 g/mol. The van der Waals surface area contributed by atoms with Gasteiger partial charge in [0.2, 0.25) is 0 Å². The predicted octanol–water partition coefficient (Wildman–Crippen LogP) is 4.06. The van der Waals surface area contributed by atoms with Crippen molar-refractivity contribution >= 4 is 31.9 Å². The topological polar surface area (TPSA) is 0 Å². The molecule has 0 aliphatic heterocycles. The van der Waals surface area contributed by atoms with Gasteiger partial charge in [-0.3, -0.25) is 0 Å². The Morgan fingerprint density at radius 1 is 1.15 bits per heavy atom. The molecule has 2 heteroatoms. The van der Waals surface area contributed by atoms with Gasteiger partial charge in [0.1, 0.15) is 0 Å². The van der Waals surface area contributed by atoms with Crippen LogP contribution in [0.5, 0.6) is 0 Å². The maximum Gasteiger partial charge on any atom is 0.0526 e. The molecule has 1 aromatic rings. The van der Waals surface area contributed by atoms with Crippen molar-refractivity contribution in [3.63, 3.8) is 0 Å². The summed E-state index contributed by atoms with van der Waals surface area (Å²) in [5.41, 5.74) is 5.75. The van der Waals surface area contributed by atoms with Crippen LogP contribution < -0.4 is 0 Å². The molecule has 1 aliphatic rings. The van der Waals surface area contributed by atoms with Crippen LogP contribution in [0.2, 0.25) is 0 Å². The summed E-state index contributed by atoms with van der Waals surface area (Å²) in [6.45, 7) is 4.36. The molecule has 0 heterocycles. The second-order valence-corrected chi connectivity index (χ2v) is 5.92. The third-order valence-corrected chi connectivity index (χ3v) is 5.48. The third-order valence-electron chi connectivity index (χ3n) is 2.79. The zero-order valence-electron chi connectivity index (χ0n) is 7.77. The molecule has 13 heavy (non-hydrogen) atoms. The van der Waals surface area contributed by atoms with E-state index >= 15 is 0 Å². The van der Waals surface area contributed by atoms with E-state index in [1.54, 1.807) is 0 Å². The highest BCUT2D eigenvalue weighted by molar-refractivity contribution is 9.12. The summed E-state index contributed by atoms with van der Waals surface area (Å²) in [5, 5.41) is 0. The van der Waals surface area contributed by atoms with Crippen LogP contribution in [0.15, 0.2) is 12.1 Å². The van der Waals surface area contributed by atoms with Crippen molar-refractivity contribution in [2.75, 3.05) is 0 Å². The lowest BCUT2D eigenvalue weighted by Gasteiger charge is -2.08. The molecule has 0 nitrogen and oxygen atoms in total. The number of hydrogen-bond donors (Lipinski definition) is 0. The Hall–Kier alpha value is 0.180. The Morgan fingerprint density at radius 2 is 1.77 bits per heavy atom. The molecule has 0 saturated heterocycles. The van der Waals surface area contributed by atoms with Crippen molar-refractivity contribution in [3.8, 4) is 0 Å². The molecule has 0 saturated carbocycles. The van der Waals surface area contributed by atoms with Crippen LogP contribution in [-0.4, -0.2) is 4.83 Å². The number of benzene rings is 1. The van der Waals surface area contributed by atoms with Crippen LogP contribution in [0, 0.1) is 13.8 Å². The Morgan fingerprint density at radius 3 is 2.46 bits per heavy atom. The number of rotatable bonds is 0. The summed E-state index contributed by atoms with van der Waals surface area (Å²) >= 11 is 7.40. The zero-order valence-corrected chi connectivity index (χ0v) is 10.9. The standard InChI is InChI=1S/C11H12Br2/c1-6-3-8-5-10(12)11(13)9(8)4-7(6)2/h3-4,10-11H,5H2,1-2H3. The largest absolute Gasteiger partial charge is 0.0871 e. The van der Waals surface area contributed by atoms with Gasteiger partial charge in [-0.25, -0.2) is 0 Å². The number of aryl methyl sites for hydroxylation is 2. The lowest BCUT2D eigenvalue weighted by atomic mass is 10.0. The van der Waals surface area contributed by atoms with Crippen molar-refractivity contribution in [3.05, 3.63) is 34.4 Å². The highest BCUT2D eigenvalue weighted by Crippen LogP contribution is 2.42. The Balaban J connectivity index is 2.53. The van der Waals surface area contributed by atoms with E-state index in [4.69, 9.17) is 0 Å². The number of hydrogen-bond acceptors (Lipinski definition) is 0. The molecule has 0 bridgehead atoms. The molecule has 1 aliphatic carbocycles. The molecular weight excluding hydrogens is 292 g/mol. The van der Waals surface area contributed by atoms with E-state index in [2.05, 4.69) is 57.8 Å². The number of halogens is 2. The minimum atomic E-state index is 0.488.